The van der Waals surface area contributed by atoms with Crippen LogP contribution in [0.15, 0.2) is 11.6 Å². The molecule has 10 nitrogen and oxygen atoms in total. The molecular formula is C21H30F3N7O3. The number of hydroxylamine groups is 2. The van der Waals surface area contributed by atoms with Crippen molar-refractivity contribution < 1.29 is 28.0 Å². The van der Waals surface area contributed by atoms with E-state index in [9.17, 15) is 23.6 Å². The zero-order valence-electron chi connectivity index (χ0n) is 19.2. The summed E-state index contributed by atoms with van der Waals surface area (Å²) in [5.41, 5.74) is 4.60. The Bertz CT molecular complexity index is 912. The molecule has 1 atom stereocenters. The molecule has 1 aromatic heterocycles. The van der Waals surface area contributed by atoms with Gasteiger partial charge in [0.2, 0.25) is 12.2 Å². The second-order valence-corrected chi connectivity index (χ2v) is 8.69. The molecule has 0 bridgehead atoms. The van der Waals surface area contributed by atoms with Crippen LogP contribution in [-0.4, -0.2) is 76.7 Å². The molecule has 3 N–H and O–H groups in total. The number of likely N-dealkylation sites (N-methyl/N-ethyl adjacent to an activating group) is 1. The molecule has 1 aliphatic carbocycles. The van der Waals surface area contributed by atoms with Crippen molar-refractivity contribution in [2.45, 2.75) is 45.1 Å². The van der Waals surface area contributed by atoms with Crippen molar-refractivity contribution in [3.05, 3.63) is 23.3 Å². The van der Waals surface area contributed by atoms with Gasteiger partial charge in [0.05, 0.1) is 6.54 Å². The van der Waals surface area contributed by atoms with Gasteiger partial charge in [-0.1, -0.05) is 18.9 Å². The number of aromatic nitrogens is 2. The van der Waals surface area contributed by atoms with E-state index in [2.05, 4.69) is 20.8 Å². The number of hydrogen-bond acceptors (Lipinski definition) is 8. The SMILES string of the molecule is C[C@H]1CN(C)CCN1c1nc(C(F)F)nc(NNC(=O)/C(=C\C2CCCC2)CN(O)C=O)c1F. The molecule has 1 saturated heterocycles. The number of hydrazine groups is 1. The van der Waals surface area contributed by atoms with Crippen LogP contribution in [0.5, 0.6) is 0 Å². The van der Waals surface area contributed by atoms with E-state index in [1.165, 1.54) is 0 Å². The summed E-state index contributed by atoms with van der Waals surface area (Å²) < 4.78 is 42.2. The van der Waals surface area contributed by atoms with Gasteiger partial charge in [-0.25, -0.2) is 23.8 Å². The monoisotopic (exact) mass is 485 g/mol. The maximum Gasteiger partial charge on any atom is 0.297 e. The van der Waals surface area contributed by atoms with Crippen LogP contribution in [0, 0.1) is 11.7 Å². The Kier molecular flexibility index (Phi) is 8.67. The van der Waals surface area contributed by atoms with Crippen molar-refractivity contribution in [3.63, 3.8) is 0 Å². The third-order valence-electron chi connectivity index (χ3n) is 6.03. The fraction of sp³-hybridized carbons (Fsp3) is 0.619. The summed E-state index contributed by atoms with van der Waals surface area (Å²) in [7, 11) is 1.91. The molecule has 3 rings (SSSR count). The molecule has 1 aliphatic heterocycles. The third-order valence-corrected chi connectivity index (χ3v) is 6.03. The van der Waals surface area contributed by atoms with Crippen LogP contribution < -0.4 is 15.8 Å². The molecule has 34 heavy (non-hydrogen) atoms. The van der Waals surface area contributed by atoms with Crippen molar-refractivity contribution in [1.29, 1.82) is 0 Å². The Balaban J connectivity index is 1.82. The summed E-state index contributed by atoms with van der Waals surface area (Å²) in [4.78, 5) is 34.5. The smallest absolute Gasteiger partial charge is 0.297 e. The van der Waals surface area contributed by atoms with E-state index < -0.39 is 29.8 Å². The van der Waals surface area contributed by atoms with Crippen LogP contribution in [0.25, 0.3) is 0 Å². The Morgan fingerprint density at radius 1 is 1.29 bits per heavy atom. The summed E-state index contributed by atoms with van der Waals surface area (Å²) >= 11 is 0. The van der Waals surface area contributed by atoms with Gasteiger partial charge >= 0.3 is 0 Å². The molecule has 1 aromatic rings. The molecule has 2 amide bonds. The quantitative estimate of drug-likeness (QED) is 0.211. The van der Waals surface area contributed by atoms with E-state index in [1.54, 1.807) is 11.0 Å². The highest BCUT2D eigenvalue weighted by Crippen LogP contribution is 2.29. The zero-order valence-corrected chi connectivity index (χ0v) is 19.2. The lowest BCUT2D eigenvalue weighted by Crippen LogP contribution is -2.51. The van der Waals surface area contributed by atoms with Crippen LogP contribution in [0.4, 0.5) is 24.8 Å². The van der Waals surface area contributed by atoms with Crippen LogP contribution >= 0.6 is 0 Å². The number of piperazine rings is 1. The van der Waals surface area contributed by atoms with Gasteiger partial charge in [0.15, 0.2) is 17.5 Å². The number of rotatable bonds is 9. The number of carbonyl (C=O) groups excluding carboxylic acids is 2. The first-order valence-corrected chi connectivity index (χ1v) is 11.2. The van der Waals surface area contributed by atoms with Crippen LogP contribution in [0.1, 0.15) is 44.9 Å². The Morgan fingerprint density at radius 2 is 2.00 bits per heavy atom. The zero-order chi connectivity index (χ0) is 24.8. The summed E-state index contributed by atoms with van der Waals surface area (Å²) in [6, 6.07) is -0.184. The molecule has 188 valence electrons. The predicted octanol–water partition coefficient (Wildman–Crippen LogP) is 2.10. The number of carbonyl (C=O) groups is 2. The lowest BCUT2D eigenvalue weighted by Gasteiger charge is -2.39. The van der Waals surface area contributed by atoms with Crippen LogP contribution in [0.2, 0.25) is 0 Å². The minimum Gasteiger partial charge on any atom is -0.349 e. The van der Waals surface area contributed by atoms with Crippen molar-refractivity contribution in [3.8, 4) is 0 Å². The molecule has 0 aromatic carbocycles. The van der Waals surface area contributed by atoms with Gasteiger partial charge in [0.25, 0.3) is 12.3 Å². The lowest BCUT2D eigenvalue weighted by molar-refractivity contribution is -0.148. The van der Waals surface area contributed by atoms with Gasteiger partial charge in [-0.05, 0) is 32.7 Å². The first-order valence-electron chi connectivity index (χ1n) is 11.2. The van der Waals surface area contributed by atoms with E-state index in [-0.39, 0.29) is 36.3 Å². The molecule has 0 unspecified atom stereocenters. The normalized spacial score (nSPS) is 20.0. The maximum absolute atomic E-state index is 15.3. The first kappa shape index (κ1) is 25.7. The number of amides is 2. The molecule has 2 heterocycles. The van der Waals surface area contributed by atoms with Crippen molar-refractivity contribution >= 4 is 24.0 Å². The fourth-order valence-electron chi connectivity index (χ4n) is 4.29. The Hall–Kier alpha value is -2.93. The number of anilines is 2. The molecule has 1 saturated carbocycles. The second-order valence-electron chi connectivity index (χ2n) is 8.69. The number of allylic oxidation sites excluding steroid dienone is 1. The summed E-state index contributed by atoms with van der Waals surface area (Å²) in [5.74, 6) is -3.36. The average molecular weight is 486 g/mol. The van der Waals surface area contributed by atoms with Gasteiger partial charge in [-0.2, -0.15) is 4.39 Å². The van der Waals surface area contributed by atoms with E-state index in [4.69, 9.17) is 0 Å². The van der Waals surface area contributed by atoms with Gasteiger partial charge < -0.3 is 9.80 Å². The van der Waals surface area contributed by atoms with E-state index >= 15 is 4.39 Å². The predicted molar refractivity (Wildman–Crippen MR) is 118 cm³/mol. The minimum absolute atomic E-state index is 0.0745. The fourth-order valence-corrected chi connectivity index (χ4v) is 4.29. The number of hydrogen-bond donors (Lipinski definition) is 3. The maximum atomic E-state index is 15.3. The van der Waals surface area contributed by atoms with Crippen LogP contribution in [0.3, 0.4) is 0 Å². The first-order chi connectivity index (χ1) is 16.2. The van der Waals surface area contributed by atoms with Crippen molar-refractivity contribution in [1.82, 2.24) is 25.4 Å². The Morgan fingerprint density at radius 3 is 2.62 bits per heavy atom. The number of alkyl halides is 2. The largest absolute Gasteiger partial charge is 0.349 e. The third kappa shape index (κ3) is 6.35. The van der Waals surface area contributed by atoms with Gasteiger partial charge in [0.1, 0.15) is 0 Å². The van der Waals surface area contributed by atoms with E-state index in [0.29, 0.717) is 24.7 Å². The highest BCUT2D eigenvalue weighted by atomic mass is 19.3. The lowest BCUT2D eigenvalue weighted by atomic mass is 10.0. The van der Waals surface area contributed by atoms with E-state index in [0.717, 1.165) is 25.7 Å². The van der Waals surface area contributed by atoms with Gasteiger partial charge in [0, 0.05) is 31.2 Å². The highest BCUT2D eigenvalue weighted by molar-refractivity contribution is 5.94. The number of nitrogens with zero attached hydrogens (tertiary/aromatic N) is 5. The van der Waals surface area contributed by atoms with Gasteiger partial charge in [-0.3, -0.25) is 25.6 Å². The van der Waals surface area contributed by atoms with Gasteiger partial charge in [-0.15, -0.1) is 0 Å². The molecular weight excluding hydrogens is 455 g/mol. The average Bonchev–Trinajstić information content (AvgIpc) is 3.31. The molecule has 13 heteroatoms. The number of nitrogens with one attached hydrogen (secondary N) is 2. The summed E-state index contributed by atoms with van der Waals surface area (Å²) in [6.45, 7) is 3.03. The highest BCUT2D eigenvalue weighted by Gasteiger charge is 2.29. The summed E-state index contributed by atoms with van der Waals surface area (Å²) in [5, 5.41) is 9.87. The second kappa shape index (κ2) is 11.5. The van der Waals surface area contributed by atoms with Crippen molar-refractivity contribution in [2.24, 2.45) is 5.92 Å². The molecule has 2 fully saturated rings. The number of halogens is 3. The summed E-state index contributed by atoms with van der Waals surface area (Å²) in [6.07, 6.45) is 2.50. The minimum atomic E-state index is -3.05. The topological polar surface area (TPSA) is 114 Å². The van der Waals surface area contributed by atoms with Crippen LogP contribution in [-0.2, 0) is 9.59 Å². The molecule has 0 radical (unpaired) electrons. The van der Waals surface area contributed by atoms with E-state index in [1.807, 2.05) is 18.9 Å². The molecule has 0 spiro atoms. The molecule has 2 aliphatic rings. The standard InChI is InChI=1S/C21H30F3N7O3/c1-13-10-29(2)7-8-31(13)20-16(22)18(25-19(26-20)17(23)24)27-28-21(33)15(11-30(34)12-32)9-14-5-3-4-6-14/h9,12-14,17,34H,3-8,10-11H2,1-2H3,(H,28,33)(H,25,26,27)/b15-9-/t13-/m0/s1. The Labute approximate surface area is 195 Å². The van der Waals surface area contributed by atoms with Crippen molar-refractivity contribution in [2.75, 3.05) is 43.6 Å².